The molecule has 6 atom stereocenters. The first-order valence-corrected chi connectivity index (χ1v) is 39.2. The van der Waals surface area contributed by atoms with Crippen molar-refractivity contribution in [1.29, 1.82) is 0 Å². The molecule has 5 aliphatic rings. The van der Waals surface area contributed by atoms with E-state index in [1.54, 1.807) is 50.2 Å². The van der Waals surface area contributed by atoms with Crippen LogP contribution in [0.3, 0.4) is 0 Å². The van der Waals surface area contributed by atoms with Gasteiger partial charge in [-0.05, 0) is 124 Å². The maximum Gasteiger partial charge on any atom is 0.410 e. The van der Waals surface area contributed by atoms with Crippen LogP contribution in [0.15, 0.2) is 107 Å². The Bertz CT molecular complexity index is 5490. The van der Waals surface area contributed by atoms with Crippen LogP contribution < -0.4 is 63.1 Å². The maximum absolute atomic E-state index is 15.6. The van der Waals surface area contributed by atoms with Crippen LogP contribution in [0.4, 0.5) is 29.7 Å². The highest BCUT2D eigenvalue weighted by molar-refractivity contribution is 6.13. The summed E-state index contributed by atoms with van der Waals surface area (Å²) in [7, 11) is 0. The molecule has 4 aromatic carbocycles. The molecule has 0 radical (unpaired) electrons. The third-order valence-corrected chi connectivity index (χ3v) is 21.8. The zero-order valence-electron chi connectivity index (χ0n) is 67.4. The lowest BCUT2D eigenvalue weighted by Crippen LogP contribution is -2.54. The van der Waals surface area contributed by atoms with Crippen molar-refractivity contribution in [2.24, 2.45) is 0 Å². The molecular weight excluding hydrogens is 1590 g/mol. The summed E-state index contributed by atoms with van der Waals surface area (Å²) in [5, 5.41) is 43.8. The minimum absolute atomic E-state index is 0.0346. The summed E-state index contributed by atoms with van der Waals surface area (Å²) in [6.07, 6.45) is 1.11. The number of esters is 2. The number of hydrogen-bond donors (Lipinski definition) is 10. The normalized spacial score (nSPS) is 16.8. The first kappa shape index (κ1) is 86.0. The highest BCUT2D eigenvalue weighted by Gasteiger charge is 2.48. The number of aliphatic hydroxyl groups is 2. The predicted molar refractivity (Wildman–Crippen MR) is 428 cm³/mol. The summed E-state index contributed by atoms with van der Waals surface area (Å²) < 4.78 is 66.5. The van der Waals surface area contributed by atoms with E-state index in [2.05, 4.69) is 42.5 Å². The fraction of sp³-hybridized carbons (Fsp3) is 0.357. The zero-order chi connectivity index (χ0) is 87.5. The van der Waals surface area contributed by atoms with Crippen LogP contribution in [0.25, 0.3) is 44.6 Å². The molecule has 8 aromatic rings. The van der Waals surface area contributed by atoms with Crippen molar-refractivity contribution in [3.8, 4) is 34.3 Å². The molecule has 10 N–H and O–H groups in total. The molecule has 38 heteroatoms. The molecule has 0 aliphatic carbocycles. The molecule has 5 aliphatic heterocycles. The monoisotopic (exact) mass is 1680 g/mol. The summed E-state index contributed by atoms with van der Waals surface area (Å²) in [5.74, 6) is -9.44. The Morgan fingerprint density at radius 1 is 0.525 bits per heavy atom. The van der Waals surface area contributed by atoms with Gasteiger partial charge in [0, 0.05) is 81.8 Å². The molecule has 4 aromatic heterocycles. The van der Waals surface area contributed by atoms with E-state index in [-0.39, 0.29) is 110 Å². The minimum atomic E-state index is -2.02. The average molecular weight is 1680 g/mol. The number of alkyl carbamates (subject to hydrolysis) is 2. The Labute approximate surface area is 692 Å². The van der Waals surface area contributed by atoms with E-state index in [4.69, 9.17) is 38.4 Å². The van der Waals surface area contributed by atoms with Gasteiger partial charge in [-0.2, -0.15) is 0 Å². The number of rotatable bonds is 31. The standard InChI is InChI=1S/C84H86F2N14O22/c1-9-49-51-25-65(59(85)29-61(51)95-71-53(49)31-99-63(71)27-57-55(77(99)109)37-117-79(111)83(57,115)11-3)121-39-87-81(113)119-35-45-13-17-47(18-14-45)93-75(107)43(7)91-73(105)41(5)89-67(101)33-97(23-24-98-69(103)21-22-70(98)104)34-68(102)90-42(6)74(106)92-44(8)76(108)94-48-19-15-46(16-20-48)36-120-82(114)88-40-122-66-26-52-50(10-2)54-32-100-64(72(54)96-62(52)30-60(66)86)28-58-56(78(100)110)38-118-80(112)84(58,116)12-4/h13-22,25-30,41-44,115-116H,9-12,23-24,31-40H2,1-8H3,(H,87,113)(H,88,114)(H,89,101)(H,90,102)(H,91,105)(H,92,106)(H,93,107)(H,94,108)/t41-,42-,43-,44-,83-,84-/m0/s1. The smallest absolute Gasteiger partial charge is 0.410 e. The zero-order valence-corrected chi connectivity index (χ0v) is 67.4. The fourth-order valence-corrected chi connectivity index (χ4v) is 15.0. The molecule has 0 saturated heterocycles. The first-order chi connectivity index (χ1) is 58.2. The van der Waals surface area contributed by atoms with E-state index in [0.29, 0.717) is 80.0 Å². The number of imide groups is 1. The lowest BCUT2D eigenvalue weighted by Gasteiger charge is -2.31. The summed E-state index contributed by atoms with van der Waals surface area (Å²) in [6.45, 7) is 9.02. The van der Waals surface area contributed by atoms with Crippen molar-refractivity contribution in [2.45, 2.75) is 156 Å². The Hall–Kier alpha value is -13.9. The number of ether oxygens (including phenoxy) is 6. The van der Waals surface area contributed by atoms with Gasteiger partial charge in [-0.1, -0.05) is 52.0 Å². The Morgan fingerprint density at radius 3 is 1.29 bits per heavy atom. The number of cyclic esters (lactones) is 2. The van der Waals surface area contributed by atoms with Crippen molar-refractivity contribution < 1.29 is 105 Å². The van der Waals surface area contributed by atoms with Crippen LogP contribution in [-0.4, -0.2) is 174 Å². The molecule has 36 nitrogen and oxygen atoms in total. The summed E-state index contributed by atoms with van der Waals surface area (Å²) in [6, 6.07) is 15.8. The largest absolute Gasteiger partial charge is 0.470 e. The molecule has 0 spiro atoms. The van der Waals surface area contributed by atoms with Gasteiger partial charge < -0.3 is 79.7 Å². The molecule has 0 fully saturated rings. The lowest BCUT2D eigenvalue weighted by atomic mass is 9.86. The number of nitrogens with zero attached hydrogens (tertiary/aromatic N) is 6. The number of amides is 10. The number of pyridine rings is 4. The molecule has 0 unspecified atom stereocenters. The van der Waals surface area contributed by atoms with Crippen molar-refractivity contribution >= 4 is 105 Å². The van der Waals surface area contributed by atoms with E-state index in [0.717, 1.165) is 28.2 Å². The molecule has 9 heterocycles. The highest BCUT2D eigenvalue weighted by Crippen LogP contribution is 2.44. The quantitative estimate of drug-likeness (QED) is 0.0126. The number of fused-ring (bicyclic) bond motifs is 10. The van der Waals surface area contributed by atoms with Gasteiger partial charge in [-0.3, -0.25) is 68.4 Å². The number of hydrogen-bond acceptors (Lipinski definition) is 25. The van der Waals surface area contributed by atoms with Gasteiger partial charge in [0.15, 0.2) is 47.8 Å². The van der Waals surface area contributed by atoms with Crippen LogP contribution >= 0.6 is 0 Å². The number of anilines is 2. The first-order valence-electron chi connectivity index (χ1n) is 39.2. The highest BCUT2D eigenvalue weighted by atomic mass is 19.1. The number of carbonyl (C=O) groups excluding carboxylic acids is 12. The second-order valence-corrected chi connectivity index (χ2v) is 29.7. The number of aryl methyl sites for hydroxylation is 2. The number of nitrogens with one attached hydrogen (secondary N) is 8. The van der Waals surface area contributed by atoms with E-state index in [1.807, 2.05) is 13.8 Å². The third kappa shape index (κ3) is 17.6. The van der Waals surface area contributed by atoms with Crippen molar-refractivity contribution in [3.63, 3.8) is 0 Å². The van der Waals surface area contributed by atoms with E-state index in [1.165, 1.54) is 90.3 Å². The molecule has 10 amide bonds. The second kappa shape index (κ2) is 35.6. The number of benzene rings is 4. The van der Waals surface area contributed by atoms with Crippen molar-refractivity contribution in [3.05, 3.63) is 185 Å². The lowest BCUT2D eigenvalue weighted by molar-refractivity contribution is -0.172. The van der Waals surface area contributed by atoms with Crippen LogP contribution in [0.1, 0.15) is 124 Å². The Morgan fingerprint density at radius 2 is 0.910 bits per heavy atom. The van der Waals surface area contributed by atoms with Crippen LogP contribution in [0.5, 0.6) is 11.5 Å². The van der Waals surface area contributed by atoms with Gasteiger partial charge in [0.05, 0.1) is 71.1 Å². The molecule has 0 saturated carbocycles. The predicted octanol–water partition coefficient (Wildman–Crippen LogP) is 4.22. The number of halogens is 2. The Kier molecular flexibility index (Phi) is 25.1. The van der Waals surface area contributed by atoms with E-state index < -0.39 is 156 Å². The van der Waals surface area contributed by atoms with E-state index >= 15 is 8.78 Å². The number of aromatic nitrogens is 4. The fourth-order valence-electron chi connectivity index (χ4n) is 15.0. The molecule has 638 valence electrons. The summed E-state index contributed by atoms with van der Waals surface area (Å²) in [4.78, 5) is 195. The minimum Gasteiger partial charge on any atom is -0.470 e. The summed E-state index contributed by atoms with van der Waals surface area (Å²) in [5.41, 5.74) is 2.26. The van der Waals surface area contributed by atoms with Crippen molar-refractivity contribution in [2.75, 3.05) is 50.3 Å². The molecule has 13 rings (SSSR count). The van der Waals surface area contributed by atoms with Gasteiger partial charge in [-0.25, -0.2) is 37.9 Å². The van der Waals surface area contributed by atoms with Crippen molar-refractivity contribution in [1.82, 2.24) is 60.8 Å². The van der Waals surface area contributed by atoms with E-state index in [9.17, 15) is 77.3 Å². The topological polar surface area (TPSA) is 473 Å². The van der Waals surface area contributed by atoms with Gasteiger partial charge in [-0.15, -0.1) is 0 Å². The Balaban J connectivity index is 0.517. The van der Waals surface area contributed by atoms with Gasteiger partial charge >= 0.3 is 24.1 Å². The van der Waals surface area contributed by atoms with Gasteiger partial charge in [0.1, 0.15) is 50.6 Å². The molecular formula is C84H86F2N14O22. The third-order valence-electron chi connectivity index (χ3n) is 21.8. The number of carbonyl (C=O) groups is 12. The van der Waals surface area contributed by atoms with Gasteiger partial charge in [0.2, 0.25) is 35.4 Å². The maximum atomic E-state index is 15.6. The summed E-state index contributed by atoms with van der Waals surface area (Å²) >= 11 is 0. The van der Waals surface area contributed by atoms with Crippen LogP contribution in [0, 0.1) is 11.6 Å². The molecule has 0 bridgehead atoms. The molecule has 122 heavy (non-hydrogen) atoms. The average Bonchev–Trinajstić information content (AvgIpc) is 1.54. The van der Waals surface area contributed by atoms with Crippen LogP contribution in [0.2, 0.25) is 0 Å². The second-order valence-electron chi connectivity index (χ2n) is 29.7. The van der Waals surface area contributed by atoms with Gasteiger partial charge in [0.25, 0.3) is 22.9 Å². The SMILES string of the molecule is CCc1c2c(nc3cc(F)c(OCNC(=O)OCc4ccc(NC(=O)[C@H](C)NC(=O)[C@H](C)NC(=O)CN(CCN5C(=O)C=CC5=O)CC(=O)N[C@@H](C)C(=O)N[C@@H](C)C(=O)Nc5ccc(COC(=O)NCOc6cc7c(CC)c8c(nc7cc6F)-c6cc7c(c(=O)n6C8)COC(=O)[C@]7(O)CC)cc5)cc4)cc13)-c1cc3c(c(=O)n1C2)COC(=O)[C@]3(O)CC. The van der Waals surface area contributed by atoms with Crippen LogP contribution in [-0.2, 0) is 130 Å².